The van der Waals surface area contributed by atoms with Gasteiger partial charge >= 0.3 is 5.97 Å². The quantitative estimate of drug-likeness (QED) is 0.629. The van der Waals surface area contributed by atoms with Gasteiger partial charge in [-0.15, -0.1) is 0 Å². The van der Waals surface area contributed by atoms with Gasteiger partial charge in [0.05, 0.1) is 12.1 Å². The summed E-state index contributed by atoms with van der Waals surface area (Å²) < 4.78 is 11.1. The van der Waals surface area contributed by atoms with Crippen LogP contribution < -0.4 is 0 Å². The molecule has 0 aromatic heterocycles. The van der Waals surface area contributed by atoms with E-state index in [-0.39, 0.29) is 30.6 Å². The molecule has 1 aromatic rings. The molecule has 2 heterocycles. The Kier molecular flexibility index (Phi) is 3.88. The maximum atomic E-state index is 12.7. The van der Waals surface area contributed by atoms with E-state index in [2.05, 4.69) is 0 Å². The van der Waals surface area contributed by atoms with E-state index in [0.717, 1.165) is 30.4 Å². The van der Waals surface area contributed by atoms with Crippen molar-refractivity contribution in [1.82, 2.24) is 4.90 Å². The van der Waals surface area contributed by atoms with Crippen LogP contribution in [-0.2, 0) is 25.7 Å². The summed E-state index contributed by atoms with van der Waals surface area (Å²) >= 11 is 0. The molecule has 1 aliphatic carbocycles. The van der Waals surface area contributed by atoms with E-state index >= 15 is 0 Å². The standard InChI is InChI=1S/C19H21NO4/c1-23-15-9-5-8-13-14-10-16(21)20(14)18(17(13)15)19(22)24-11-12-6-3-2-4-7-12/h2-4,6-7,13-15H,5,8-11H2,1H3/t13-,14+,15+/m1/s1. The molecule has 5 nitrogen and oxygen atoms in total. The van der Waals surface area contributed by atoms with E-state index in [9.17, 15) is 9.59 Å². The van der Waals surface area contributed by atoms with E-state index in [0.29, 0.717) is 12.1 Å². The number of amides is 1. The molecule has 0 unspecified atom stereocenters. The number of hydrogen-bond donors (Lipinski definition) is 0. The molecule has 2 aliphatic heterocycles. The molecule has 24 heavy (non-hydrogen) atoms. The number of β-lactam (4-membered cyclic amide) rings is 1. The minimum Gasteiger partial charge on any atom is -0.456 e. The highest BCUT2D eigenvalue weighted by atomic mass is 16.5. The predicted octanol–water partition coefficient (Wildman–Crippen LogP) is 2.41. The number of hydrogen-bond acceptors (Lipinski definition) is 4. The number of carbonyl (C=O) groups excluding carboxylic acids is 2. The van der Waals surface area contributed by atoms with Crippen molar-refractivity contribution in [2.24, 2.45) is 5.92 Å². The van der Waals surface area contributed by atoms with Crippen molar-refractivity contribution in [1.29, 1.82) is 0 Å². The maximum Gasteiger partial charge on any atom is 0.355 e. The maximum absolute atomic E-state index is 12.7. The van der Waals surface area contributed by atoms with Gasteiger partial charge in [-0.25, -0.2) is 4.79 Å². The van der Waals surface area contributed by atoms with Gasteiger partial charge in [0.2, 0.25) is 5.91 Å². The van der Waals surface area contributed by atoms with Gasteiger partial charge in [0, 0.05) is 19.4 Å². The lowest BCUT2D eigenvalue weighted by Gasteiger charge is -2.39. The zero-order chi connectivity index (χ0) is 16.7. The summed E-state index contributed by atoms with van der Waals surface area (Å²) in [6, 6.07) is 9.70. The Labute approximate surface area is 141 Å². The third-order valence-corrected chi connectivity index (χ3v) is 5.38. The second-order valence-electron chi connectivity index (χ2n) is 6.66. The summed E-state index contributed by atoms with van der Waals surface area (Å²) in [5.74, 6) is -0.137. The number of rotatable bonds is 4. The van der Waals surface area contributed by atoms with Crippen LogP contribution in [0.3, 0.4) is 0 Å². The van der Waals surface area contributed by atoms with Crippen LogP contribution in [0.25, 0.3) is 0 Å². The normalized spacial score (nSPS) is 28.3. The summed E-state index contributed by atoms with van der Waals surface area (Å²) in [4.78, 5) is 26.5. The predicted molar refractivity (Wildman–Crippen MR) is 86.7 cm³/mol. The van der Waals surface area contributed by atoms with Crippen LogP contribution in [0.1, 0.15) is 31.2 Å². The zero-order valence-electron chi connectivity index (χ0n) is 13.7. The summed E-state index contributed by atoms with van der Waals surface area (Å²) in [6.45, 7) is 0.214. The van der Waals surface area contributed by atoms with Crippen molar-refractivity contribution in [3.63, 3.8) is 0 Å². The smallest absolute Gasteiger partial charge is 0.355 e. The third-order valence-electron chi connectivity index (χ3n) is 5.38. The molecule has 5 heteroatoms. The van der Waals surface area contributed by atoms with Gasteiger partial charge in [-0.3, -0.25) is 4.79 Å². The van der Waals surface area contributed by atoms with Crippen molar-refractivity contribution in [3.05, 3.63) is 47.2 Å². The van der Waals surface area contributed by atoms with Crippen LogP contribution >= 0.6 is 0 Å². The Morgan fingerprint density at radius 1 is 1.25 bits per heavy atom. The molecule has 0 spiro atoms. The Balaban J connectivity index is 1.60. The average Bonchev–Trinajstić information content (AvgIpc) is 2.89. The largest absolute Gasteiger partial charge is 0.456 e. The Morgan fingerprint density at radius 3 is 2.75 bits per heavy atom. The fraction of sp³-hybridized carbons (Fsp3) is 0.474. The third kappa shape index (κ3) is 2.35. The van der Waals surface area contributed by atoms with Crippen molar-refractivity contribution in [3.8, 4) is 0 Å². The molecular formula is C19H21NO4. The first-order chi connectivity index (χ1) is 11.7. The van der Waals surface area contributed by atoms with E-state index in [1.165, 1.54) is 0 Å². The minimum absolute atomic E-state index is 0.0171. The van der Waals surface area contributed by atoms with Crippen LogP contribution in [0.5, 0.6) is 0 Å². The van der Waals surface area contributed by atoms with E-state index in [1.54, 1.807) is 12.0 Å². The summed E-state index contributed by atoms with van der Waals surface area (Å²) in [7, 11) is 1.67. The van der Waals surface area contributed by atoms with Gasteiger partial charge in [-0.2, -0.15) is 0 Å². The van der Waals surface area contributed by atoms with Gasteiger partial charge < -0.3 is 14.4 Å². The minimum atomic E-state index is -0.404. The van der Waals surface area contributed by atoms with Crippen LogP contribution in [0.15, 0.2) is 41.6 Å². The van der Waals surface area contributed by atoms with E-state index < -0.39 is 5.97 Å². The highest BCUT2D eigenvalue weighted by Gasteiger charge is 2.55. The molecule has 1 aromatic carbocycles. The Bertz CT molecular complexity index is 697. The fourth-order valence-electron chi connectivity index (χ4n) is 4.25. The van der Waals surface area contributed by atoms with Crippen LogP contribution in [0.4, 0.5) is 0 Å². The first-order valence-corrected chi connectivity index (χ1v) is 8.50. The molecule has 0 bridgehead atoms. The highest BCUT2D eigenvalue weighted by molar-refractivity contribution is 5.99. The number of benzene rings is 1. The van der Waals surface area contributed by atoms with Crippen molar-refractivity contribution >= 4 is 11.9 Å². The van der Waals surface area contributed by atoms with Gasteiger partial charge in [-0.1, -0.05) is 30.3 Å². The molecule has 1 saturated heterocycles. The first-order valence-electron chi connectivity index (χ1n) is 8.50. The molecule has 126 valence electrons. The topological polar surface area (TPSA) is 55.8 Å². The number of carbonyl (C=O) groups is 2. The Hall–Kier alpha value is -2.14. The number of fused-ring (bicyclic) bond motifs is 3. The second kappa shape index (κ2) is 6.06. The highest BCUT2D eigenvalue weighted by Crippen LogP contribution is 2.49. The average molecular weight is 327 g/mol. The molecule has 1 saturated carbocycles. The van der Waals surface area contributed by atoms with Crippen LogP contribution in [0.2, 0.25) is 0 Å². The summed E-state index contributed by atoms with van der Waals surface area (Å²) in [5, 5.41) is 0. The Morgan fingerprint density at radius 2 is 2.04 bits per heavy atom. The molecule has 3 aliphatic rings. The van der Waals surface area contributed by atoms with Gasteiger partial charge in [0.15, 0.2) is 0 Å². The number of ether oxygens (including phenoxy) is 2. The lowest BCUT2D eigenvalue weighted by Crippen LogP contribution is -2.52. The first kappa shape index (κ1) is 15.4. The number of methoxy groups -OCH3 is 1. The number of esters is 1. The lowest BCUT2D eigenvalue weighted by molar-refractivity contribution is -0.151. The molecule has 3 atom stereocenters. The van der Waals surface area contributed by atoms with E-state index in [4.69, 9.17) is 9.47 Å². The monoisotopic (exact) mass is 327 g/mol. The summed E-state index contributed by atoms with van der Waals surface area (Å²) in [6.07, 6.45) is 3.42. The van der Waals surface area contributed by atoms with Crippen molar-refractivity contribution < 1.29 is 19.1 Å². The molecule has 0 N–H and O–H groups in total. The molecule has 0 radical (unpaired) electrons. The molecule has 2 fully saturated rings. The van der Waals surface area contributed by atoms with Gasteiger partial charge in [-0.05, 0) is 30.4 Å². The van der Waals surface area contributed by atoms with Crippen LogP contribution in [0, 0.1) is 5.92 Å². The zero-order valence-corrected chi connectivity index (χ0v) is 13.7. The number of nitrogens with zero attached hydrogens (tertiary/aromatic N) is 1. The van der Waals surface area contributed by atoms with E-state index in [1.807, 2.05) is 30.3 Å². The van der Waals surface area contributed by atoms with Crippen molar-refractivity contribution in [2.75, 3.05) is 7.11 Å². The fourth-order valence-corrected chi connectivity index (χ4v) is 4.25. The molecule has 4 rings (SSSR count). The SMILES string of the molecule is CO[C@H]1CCC[C@H]2C1=C(C(=O)OCc1ccccc1)N1C(=O)C[C@@H]21. The van der Waals surface area contributed by atoms with Crippen LogP contribution in [-0.4, -0.2) is 36.0 Å². The van der Waals surface area contributed by atoms with Gasteiger partial charge in [0.1, 0.15) is 12.3 Å². The van der Waals surface area contributed by atoms with Crippen molar-refractivity contribution in [2.45, 2.75) is 44.4 Å². The lowest BCUT2D eigenvalue weighted by atomic mass is 9.77. The van der Waals surface area contributed by atoms with Gasteiger partial charge in [0.25, 0.3) is 0 Å². The molecule has 1 amide bonds. The summed E-state index contributed by atoms with van der Waals surface area (Å²) in [5.41, 5.74) is 2.37. The second-order valence-corrected chi connectivity index (χ2v) is 6.66. The molecular weight excluding hydrogens is 306 g/mol.